The zero-order chi connectivity index (χ0) is 9.26. The van der Waals surface area contributed by atoms with Gasteiger partial charge < -0.3 is 9.87 Å². The zero-order valence-corrected chi connectivity index (χ0v) is 8.57. The first kappa shape index (κ1) is 9.34. The summed E-state index contributed by atoms with van der Waals surface area (Å²) in [7, 11) is 0. The van der Waals surface area contributed by atoms with E-state index in [4.69, 9.17) is 11.6 Å². The van der Waals surface area contributed by atoms with E-state index in [2.05, 4.69) is 5.32 Å². The van der Waals surface area contributed by atoms with Gasteiger partial charge in [-0.05, 0) is 35.4 Å². The van der Waals surface area contributed by atoms with E-state index in [-0.39, 0.29) is 5.25 Å². The molecule has 0 aromatic heterocycles. The molecule has 1 saturated heterocycles. The van der Waals surface area contributed by atoms with Gasteiger partial charge in [0.15, 0.2) is 4.90 Å². The molecule has 1 aromatic carbocycles. The summed E-state index contributed by atoms with van der Waals surface area (Å²) in [5, 5.41) is 4.07. The SMILES string of the molecule is [O-][S+](c1ccc(Cl)cc1)C1CNC1. The molecular weight excluding hydrogens is 206 g/mol. The van der Waals surface area contributed by atoms with E-state index in [0.717, 1.165) is 18.0 Å². The molecule has 0 bridgehead atoms. The fraction of sp³-hybridized carbons (Fsp3) is 0.333. The highest BCUT2D eigenvalue weighted by atomic mass is 35.5. The van der Waals surface area contributed by atoms with Crippen LogP contribution in [0.4, 0.5) is 0 Å². The summed E-state index contributed by atoms with van der Waals surface area (Å²) in [6.45, 7) is 1.71. The third-order valence-corrected chi connectivity index (χ3v) is 4.02. The van der Waals surface area contributed by atoms with Gasteiger partial charge in [0.05, 0.1) is 0 Å². The van der Waals surface area contributed by atoms with Gasteiger partial charge in [-0.2, -0.15) is 0 Å². The predicted octanol–water partition coefficient (Wildman–Crippen LogP) is 1.42. The van der Waals surface area contributed by atoms with Gasteiger partial charge in [-0.1, -0.05) is 11.6 Å². The van der Waals surface area contributed by atoms with Crippen LogP contribution in [0.25, 0.3) is 0 Å². The standard InChI is InChI=1S/C9H10ClNOS/c10-7-1-3-8(4-2-7)13(12)9-5-11-6-9/h1-4,9,11H,5-6H2. The molecule has 1 aliphatic rings. The average Bonchev–Trinajstić information content (AvgIpc) is 2.02. The lowest BCUT2D eigenvalue weighted by Gasteiger charge is -2.28. The van der Waals surface area contributed by atoms with Crippen LogP contribution in [0.15, 0.2) is 29.2 Å². The number of nitrogens with one attached hydrogen (secondary N) is 1. The van der Waals surface area contributed by atoms with Crippen LogP contribution in [0.5, 0.6) is 0 Å². The number of rotatable bonds is 2. The second kappa shape index (κ2) is 3.88. The van der Waals surface area contributed by atoms with Crippen molar-refractivity contribution in [2.45, 2.75) is 10.1 Å². The van der Waals surface area contributed by atoms with Crippen molar-refractivity contribution in [3.05, 3.63) is 29.3 Å². The Morgan fingerprint density at radius 3 is 2.38 bits per heavy atom. The molecular formula is C9H10ClNOS. The molecule has 2 nitrogen and oxygen atoms in total. The normalized spacial score (nSPS) is 19.5. The fourth-order valence-corrected chi connectivity index (χ4v) is 2.63. The van der Waals surface area contributed by atoms with Crippen molar-refractivity contribution in [2.24, 2.45) is 0 Å². The van der Waals surface area contributed by atoms with Crippen LogP contribution in [-0.4, -0.2) is 22.9 Å². The Labute approximate surface area is 85.5 Å². The van der Waals surface area contributed by atoms with Gasteiger partial charge in [0.25, 0.3) is 0 Å². The first-order valence-electron chi connectivity index (χ1n) is 4.14. The van der Waals surface area contributed by atoms with Gasteiger partial charge in [-0.15, -0.1) is 0 Å². The van der Waals surface area contributed by atoms with E-state index in [1.54, 1.807) is 12.1 Å². The summed E-state index contributed by atoms with van der Waals surface area (Å²) in [5.74, 6) is 0. The molecule has 1 unspecified atom stereocenters. The van der Waals surface area contributed by atoms with E-state index in [9.17, 15) is 4.55 Å². The molecule has 2 rings (SSSR count). The monoisotopic (exact) mass is 215 g/mol. The molecule has 1 heterocycles. The highest BCUT2D eigenvalue weighted by Crippen LogP contribution is 2.20. The summed E-state index contributed by atoms with van der Waals surface area (Å²) in [6, 6.07) is 7.22. The summed E-state index contributed by atoms with van der Waals surface area (Å²) < 4.78 is 11.8. The van der Waals surface area contributed by atoms with Crippen LogP contribution in [-0.2, 0) is 11.2 Å². The van der Waals surface area contributed by atoms with Crippen molar-refractivity contribution < 1.29 is 4.55 Å². The molecule has 70 valence electrons. The summed E-state index contributed by atoms with van der Waals surface area (Å²) >= 11 is 4.86. The maximum absolute atomic E-state index is 11.8. The van der Waals surface area contributed by atoms with Crippen LogP contribution in [0.1, 0.15) is 0 Å². The van der Waals surface area contributed by atoms with E-state index >= 15 is 0 Å². The maximum atomic E-state index is 11.8. The second-order valence-corrected chi connectivity index (χ2v) is 5.20. The van der Waals surface area contributed by atoms with E-state index in [1.807, 2.05) is 12.1 Å². The van der Waals surface area contributed by atoms with Crippen molar-refractivity contribution in [1.82, 2.24) is 5.32 Å². The molecule has 1 aromatic rings. The van der Waals surface area contributed by atoms with Crippen LogP contribution >= 0.6 is 11.6 Å². The molecule has 1 aliphatic heterocycles. The zero-order valence-electron chi connectivity index (χ0n) is 7.00. The van der Waals surface area contributed by atoms with Crippen molar-refractivity contribution in [3.63, 3.8) is 0 Å². The fourth-order valence-electron chi connectivity index (χ4n) is 1.17. The van der Waals surface area contributed by atoms with Crippen LogP contribution < -0.4 is 5.32 Å². The van der Waals surface area contributed by atoms with E-state index in [1.165, 1.54) is 0 Å². The topological polar surface area (TPSA) is 35.1 Å². The highest BCUT2D eigenvalue weighted by Gasteiger charge is 2.30. The van der Waals surface area contributed by atoms with Crippen molar-refractivity contribution in [2.75, 3.05) is 13.1 Å². The third-order valence-electron chi connectivity index (χ3n) is 2.09. The minimum atomic E-state index is -0.871. The summed E-state index contributed by atoms with van der Waals surface area (Å²) in [6.07, 6.45) is 0. The van der Waals surface area contributed by atoms with Gasteiger partial charge >= 0.3 is 0 Å². The molecule has 0 spiro atoms. The van der Waals surface area contributed by atoms with Crippen molar-refractivity contribution in [1.29, 1.82) is 0 Å². The van der Waals surface area contributed by atoms with Crippen LogP contribution in [0, 0.1) is 0 Å². The molecule has 13 heavy (non-hydrogen) atoms. The maximum Gasteiger partial charge on any atom is 0.153 e. The lowest BCUT2D eigenvalue weighted by Crippen LogP contribution is -2.51. The number of halogens is 1. The summed E-state index contributed by atoms with van der Waals surface area (Å²) in [4.78, 5) is 0.871. The Kier molecular flexibility index (Phi) is 2.79. The molecule has 4 heteroatoms. The summed E-state index contributed by atoms with van der Waals surface area (Å²) in [5.41, 5.74) is 0. The van der Waals surface area contributed by atoms with Crippen LogP contribution in [0.2, 0.25) is 5.02 Å². The first-order chi connectivity index (χ1) is 6.27. The lowest BCUT2D eigenvalue weighted by molar-refractivity contribution is 0.495. The predicted molar refractivity (Wildman–Crippen MR) is 54.5 cm³/mol. The van der Waals surface area contributed by atoms with Gasteiger partial charge in [0.2, 0.25) is 0 Å². The first-order valence-corrected chi connectivity index (χ1v) is 5.73. The van der Waals surface area contributed by atoms with E-state index in [0.29, 0.717) is 5.02 Å². The number of hydrogen-bond donors (Lipinski definition) is 1. The Hall–Kier alpha value is -0.220. The molecule has 1 fully saturated rings. The minimum absolute atomic E-state index is 0.279. The van der Waals surface area contributed by atoms with Crippen molar-refractivity contribution in [3.8, 4) is 0 Å². The average molecular weight is 216 g/mol. The largest absolute Gasteiger partial charge is 0.611 e. The highest BCUT2D eigenvalue weighted by molar-refractivity contribution is 7.92. The Morgan fingerprint density at radius 1 is 1.31 bits per heavy atom. The minimum Gasteiger partial charge on any atom is -0.611 e. The second-order valence-electron chi connectivity index (χ2n) is 3.03. The number of hydrogen-bond acceptors (Lipinski definition) is 2. The molecule has 1 N–H and O–H groups in total. The molecule has 0 aliphatic carbocycles. The van der Waals surface area contributed by atoms with E-state index < -0.39 is 11.2 Å². The molecule has 0 saturated carbocycles. The van der Waals surface area contributed by atoms with Gasteiger partial charge in [0.1, 0.15) is 5.25 Å². The van der Waals surface area contributed by atoms with Gasteiger partial charge in [-0.25, -0.2) is 0 Å². The van der Waals surface area contributed by atoms with Crippen LogP contribution in [0.3, 0.4) is 0 Å². The molecule has 1 atom stereocenters. The quantitative estimate of drug-likeness (QED) is 0.758. The smallest absolute Gasteiger partial charge is 0.153 e. The van der Waals surface area contributed by atoms with Gasteiger partial charge in [0, 0.05) is 18.1 Å². The lowest BCUT2D eigenvalue weighted by atomic mass is 10.3. The van der Waals surface area contributed by atoms with Crippen molar-refractivity contribution >= 4 is 22.8 Å². The third kappa shape index (κ3) is 1.99. The Morgan fingerprint density at radius 2 is 1.92 bits per heavy atom. The Balaban J connectivity index is 2.10. The number of benzene rings is 1. The Bertz CT molecular complexity index is 286. The van der Waals surface area contributed by atoms with Gasteiger partial charge in [-0.3, -0.25) is 0 Å². The molecule has 0 amide bonds. The molecule has 0 radical (unpaired) electrons.